The summed E-state index contributed by atoms with van der Waals surface area (Å²) in [5.41, 5.74) is -0.132. The van der Waals surface area contributed by atoms with Crippen LogP contribution < -0.4 is 0 Å². The van der Waals surface area contributed by atoms with E-state index in [1.54, 1.807) is 7.11 Å². The molecule has 1 aliphatic rings. The molecule has 1 aliphatic heterocycles. The Morgan fingerprint density at radius 3 is 1.93 bits per heavy atom. The van der Waals surface area contributed by atoms with E-state index < -0.39 is 17.8 Å². The van der Waals surface area contributed by atoms with Gasteiger partial charge in [0.15, 0.2) is 0 Å². The number of carbonyl (C=O) groups excluding carboxylic acids is 1. The first kappa shape index (κ1) is 30.1. The number of aliphatic hydroxyl groups excluding tert-OH is 1. The second-order valence-electron chi connectivity index (χ2n) is 6.78. The van der Waals surface area contributed by atoms with Gasteiger partial charge in [0, 0.05) is 30.6 Å². The average Bonchev–Trinajstić information content (AvgIpc) is 3.05. The molecule has 29 heavy (non-hydrogen) atoms. The summed E-state index contributed by atoms with van der Waals surface area (Å²) in [6.45, 7) is 14.6. The Morgan fingerprint density at radius 1 is 1.14 bits per heavy atom. The molecule has 1 amide bonds. The van der Waals surface area contributed by atoms with Gasteiger partial charge in [-0.3, -0.25) is 4.79 Å². The third-order valence-electron chi connectivity index (χ3n) is 3.81. The van der Waals surface area contributed by atoms with Gasteiger partial charge in [-0.05, 0) is 38.5 Å². The minimum absolute atomic E-state index is 0.0417. The van der Waals surface area contributed by atoms with Gasteiger partial charge in [0.1, 0.15) is 0 Å². The first-order valence-corrected chi connectivity index (χ1v) is 10.5. The third-order valence-corrected chi connectivity index (χ3v) is 4.49. The predicted octanol–water partition coefficient (Wildman–Crippen LogP) is 5.87. The van der Waals surface area contributed by atoms with Crippen LogP contribution in [0.25, 0.3) is 0 Å². The van der Waals surface area contributed by atoms with Crippen LogP contribution in [0.1, 0.15) is 65.5 Å². The minimum Gasteiger partial charge on any atom is -0.391 e. The van der Waals surface area contributed by atoms with Crippen molar-refractivity contribution in [3.8, 4) is 0 Å². The van der Waals surface area contributed by atoms with E-state index in [1.807, 2.05) is 48.5 Å². The Hall–Kier alpha value is -1.12. The fourth-order valence-electron chi connectivity index (χ4n) is 2.21. The zero-order chi connectivity index (χ0) is 23.4. The molecule has 4 nitrogen and oxygen atoms in total. The van der Waals surface area contributed by atoms with Crippen LogP contribution in [-0.2, 0) is 15.7 Å². The molecule has 1 saturated heterocycles. The van der Waals surface area contributed by atoms with Gasteiger partial charge in [-0.25, -0.2) is 0 Å². The SMILES string of the molecule is CC.CC.COC(C)(C)C.O=CN1CC(c2ccc(C(F)(F)F)cc2Br)[C@@H](O)C1. The lowest BCUT2D eigenvalue weighted by Gasteiger charge is -2.17. The first-order valence-electron chi connectivity index (χ1n) is 9.68. The van der Waals surface area contributed by atoms with Crippen LogP contribution in [-0.4, -0.2) is 48.3 Å². The smallest absolute Gasteiger partial charge is 0.391 e. The lowest BCUT2D eigenvalue weighted by Crippen LogP contribution is -2.19. The molecule has 1 heterocycles. The fraction of sp³-hybridized carbons (Fsp3) is 0.667. The maximum atomic E-state index is 12.5. The van der Waals surface area contributed by atoms with Crippen molar-refractivity contribution in [2.75, 3.05) is 20.2 Å². The minimum atomic E-state index is -4.40. The Labute approximate surface area is 181 Å². The van der Waals surface area contributed by atoms with Crippen molar-refractivity contribution >= 4 is 22.3 Å². The summed E-state index contributed by atoms with van der Waals surface area (Å²) in [6, 6.07) is 3.32. The number of β-amino-alcohol motifs (C(OH)–C–C–N with tert-alkyl or cyclic N) is 1. The predicted molar refractivity (Wildman–Crippen MR) is 115 cm³/mol. The number of aliphatic hydroxyl groups is 1. The number of hydrogen-bond donors (Lipinski definition) is 1. The highest BCUT2D eigenvalue weighted by Gasteiger charge is 2.35. The molecule has 8 heteroatoms. The quantitative estimate of drug-likeness (QED) is 0.533. The molecular formula is C21H35BrF3NO3. The molecule has 1 N–H and O–H groups in total. The van der Waals surface area contributed by atoms with Crippen LogP contribution >= 0.6 is 15.9 Å². The maximum Gasteiger partial charge on any atom is 0.416 e. The van der Waals surface area contributed by atoms with Gasteiger partial charge in [0.2, 0.25) is 6.41 Å². The lowest BCUT2D eigenvalue weighted by molar-refractivity contribution is -0.137. The van der Waals surface area contributed by atoms with E-state index in [-0.39, 0.29) is 18.1 Å². The number of amides is 1. The van der Waals surface area contributed by atoms with Crippen LogP contribution in [0.4, 0.5) is 13.2 Å². The van der Waals surface area contributed by atoms with Crippen LogP contribution in [0.15, 0.2) is 22.7 Å². The molecule has 1 aromatic carbocycles. The summed E-state index contributed by atoms with van der Waals surface area (Å²) < 4.78 is 42.9. The zero-order valence-electron chi connectivity index (χ0n) is 18.6. The van der Waals surface area contributed by atoms with Crippen LogP contribution in [0.2, 0.25) is 0 Å². The van der Waals surface area contributed by atoms with E-state index in [9.17, 15) is 23.1 Å². The van der Waals surface area contributed by atoms with Gasteiger partial charge < -0.3 is 14.7 Å². The molecule has 0 aromatic heterocycles. The number of likely N-dealkylation sites (tertiary alicyclic amines) is 1. The normalized spacial score (nSPS) is 18.4. The highest BCUT2D eigenvalue weighted by Crippen LogP contribution is 2.36. The fourth-order valence-corrected chi connectivity index (χ4v) is 2.89. The first-order chi connectivity index (χ1) is 13.4. The number of benzene rings is 1. The summed E-state index contributed by atoms with van der Waals surface area (Å²) in [7, 11) is 1.71. The Kier molecular flexibility index (Phi) is 14.5. The van der Waals surface area contributed by atoms with E-state index in [4.69, 9.17) is 4.74 Å². The monoisotopic (exact) mass is 485 g/mol. The topological polar surface area (TPSA) is 49.8 Å². The highest BCUT2D eigenvalue weighted by molar-refractivity contribution is 9.10. The molecule has 0 bridgehead atoms. The summed E-state index contributed by atoms with van der Waals surface area (Å²) in [4.78, 5) is 12.1. The van der Waals surface area contributed by atoms with E-state index in [1.165, 1.54) is 11.0 Å². The van der Waals surface area contributed by atoms with E-state index >= 15 is 0 Å². The standard InChI is InChI=1S/C12H11BrF3NO2.C5H12O.2C2H6/c13-10-3-7(12(14,15)16)1-2-8(10)9-4-17(6-18)5-11(9)19;1-5(2,3)6-4;2*1-2/h1-3,6,9,11,19H,4-5H2;1-4H3;2*1-2H3/t9?,11-;;;/m0.../s1. The molecule has 1 unspecified atom stereocenters. The summed E-state index contributed by atoms with van der Waals surface area (Å²) >= 11 is 3.10. The van der Waals surface area contributed by atoms with Gasteiger partial charge in [-0.15, -0.1) is 0 Å². The van der Waals surface area contributed by atoms with Gasteiger partial charge >= 0.3 is 6.18 Å². The van der Waals surface area contributed by atoms with E-state index in [2.05, 4.69) is 15.9 Å². The van der Waals surface area contributed by atoms with Gasteiger partial charge in [0.05, 0.1) is 17.3 Å². The van der Waals surface area contributed by atoms with Gasteiger partial charge in [-0.2, -0.15) is 13.2 Å². The van der Waals surface area contributed by atoms with E-state index in [0.29, 0.717) is 23.0 Å². The molecule has 0 aliphatic carbocycles. The number of carbonyl (C=O) groups is 1. The molecule has 0 saturated carbocycles. The number of methoxy groups -OCH3 is 1. The average molecular weight is 486 g/mol. The van der Waals surface area contributed by atoms with Crippen molar-refractivity contribution in [1.29, 1.82) is 0 Å². The number of hydrogen-bond acceptors (Lipinski definition) is 3. The summed E-state index contributed by atoms with van der Waals surface area (Å²) in [5.74, 6) is -0.373. The van der Waals surface area contributed by atoms with Gasteiger partial charge in [-0.1, -0.05) is 49.7 Å². The molecule has 1 aromatic rings. The lowest BCUT2D eigenvalue weighted by atomic mass is 9.95. The number of ether oxygens (including phenoxy) is 1. The van der Waals surface area contributed by atoms with Crippen molar-refractivity contribution in [2.24, 2.45) is 0 Å². The number of halogens is 4. The third kappa shape index (κ3) is 11.0. The van der Waals surface area contributed by atoms with Crippen molar-refractivity contribution in [3.05, 3.63) is 33.8 Å². The second-order valence-corrected chi connectivity index (χ2v) is 7.64. The van der Waals surface area contributed by atoms with Crippen molar-refractivity contribution < 1.29 is 27.8 Å². The Morgan fingerprint density at radius 2 is 1.62 bits per heavy atom. The molecule has 0 radical (unpaired) electrons. The zero-order valence-corrected chi connectivity index (χ0v) is 20.2. The molecule has 2 rings (SSSR count). The van der Waals surface area contributed by atoms with Crippen LogP contribution in [0.3, 0.4) is 0 Å². The Bertz CT molecular complexity index is 590. The summed E-state index contributed by atoms with van der Waals surface area (Å²) in [5, 5.41) is 9.85. The van der Waals surface area contributed by atoms with Crippen LogP contribution in [0.5, 0.6) is 0 Å². The van der Waals surface area contributed by atoms with Crippen LogP contribution in [0, 0.1) is 0 Å². The second kappa shape index (κ2) is 14.0. The number of alkyl halides is 3. The molecule has 2 atom stereocenters. The largest absolute Gasteiger partial charge is 0.416 e. The highest BCUT2D eigenvalue weighted by atomic mass is 79.9. The van der Waals surface area contributed by atoms with E-state index in [0.717, 1.165) is 12.1 Å². The molecule has 170 valence electrons. The molecule has 1 fully saturated rings. The number of rotatable bonds is 2. The van der Waals surface area contributed by atoms with Crippen molar-refractivity contribution in [2.45, 2.75) is 72.3 Å². The van der Waals surface area contributed by atoms with Crippen molar-refractivity contribution in [3.63, 3.8) is 0 Å². The summed E-state index contributed by atoms with van der Waals surface area (Å²) in [6.07, 6.45) is -4.54. The Balaban J connectivity index is 0. The maximum absolute atomic E-state index is 12.5. The van der Waals surface area contributed by atoms with Crippen molar-refractivity contribution in [1.82, 2.24) is 4.90 Å². The number of nitrogens with zero attached hydrogens (tertiary/aromatic N) is 1. The molecule has 0 spiro atoms. The molecular weight excluding hydrogens is 451 g/mol. The van der Waals surface area contributed by atoms with Gasteiger partial charge in [0.25, 0.3) is 0 Å².